The fourth-order valence-electron chi connectivity index (χ4n) is 6.27. The lowest BCUT2D eigenvalue weighted by molar-refractivity contribution is -0.127. The van der Waals surface area contributed by atoms with Crippen molar-refractivity contribution in [2.45, 2.75) is 56.9 Å². The minimum absolute atomic E-state index is 0.0343. The summed E-state index contributed by atoms with van der Waals surface area (Å²) in [7, 11) is 0. The molecule has 9 heteroatoms. The van der Waals surface area contributed by atoms with E-state index < -0.39 is 0 Å². The van der Waals surface area contributed by atoms with Gasteiger partial charge in [0.15, 0.2) is 5.75 Å². The van der Waals surface area contributed by atoms with E-state index in [1.807, 2.05) is 17.2 Å². The van der Waals surface area contributed by atoms with Crippen LogP contribution in [0.25, 0.3) is 0 Å². The molecule has 0 aromatic carbocycles. The number of anilines is 3. The van der Waals surface area contributed by atoms with E-state index in [0.29, 0.717) is 23.6 Å². The Balaban J connectivity index is 1.19. The van der Waals surface area contributed by atoms with Gasteiger partial charge >= 0.3 is 0 Å². The molecule has 1 saturated carbocycles. The van der Waals surface area contributed by atoms with E-state index in [0.717, 1.165) is 107 Å². The van der Waals surface area contributed by atoms with E-state index in [1.54, 1.807) is 0 Å². The quantitative estimate of drug-likeness (QED) is 0.496. The first-order valence-electron chi connectivity index (χ1n) is 14.5. The van der Waals surface area contributed by atoms with Crippen LogP contribution in [0.2, 0.25) is 0 Å². The maximum Gasteiger partial charge on any atom is 0.245 e. The van der Waals surface area contributed by atoms with E-state index in [1.165, 1.54) is 11.8 Å². The van der Waals surface area contributed by atoms with E-state index >= 15 is 0 Å². The summed E-state index contributed by atoms with van der Waals surface area (Å²) in [5.74, 6) is 1.78. The molecule has 0 unspecified atom stereocenters. The second-order valence-electron chi connectivity index (χ2n) is 11.2. The van der Waals surface area contributed by atoms with Gasteiger partial charge in [-0.2, -0.15) is 0 Å². The summed E-state index contributed by atoms with van der Waals surface area (Å²) in [6.07, 6.45) is 8.26. The molecule has 0 radical (unpaired) electrons. The van der Waals surface area contributed by atoms with Crippen LogP contribution in [0.15, 0.2) is 31.0 Å². The predicted molar refractivity (Wildman–Crippen MR) is 152 cm³/mol. The maximum atomic E-state index is 11.9. The first-order valence-corrected chi connectivity index (χ1v) is 14.5. The van der Waals surface area contributed by atoms with E-state index in [4.69, 9.17) is 14.7 Å². The van der Waals surface area contributed by atoms with Crippen LogP contribution in [0.4, 0.5) is 17.2 Å². The monoisotopic (exact) mass is 532 g/mol. The zero-order valence-electron chi connectivity index (χ0n) is 22.9. The lowest BCUT2D eigenvalue weighted by atomic mass is 9.90. The van der Waals surface area contributed by atoms with Gasteiger partial charge in [-0.05, 0) is 50.3 Å². The lowest BCUT2D eigenvalue weighted by Gasteiger charge is -2.47. The fraction of sp³-hybridized carbons (Fsp3) is 0.567. The standard InChI is InChI=1S/C30H40N6O3/c1-3-23-26(34-13-15-39-16-14-34)7-10-31-30(23)33-25-17-24(32-28(29(25)38)20-5-6-20)21-18-36(19-21)22-8-11-35(12-9-22)27(37)4-2/h4,7,10,17,20-22,38H,2-3,5-6,8-9,11-16,18-19H2,1H3,(H,31,32,33). The van der Waals surface area contributed by atoms with Gasteiger partial charge in [0.1, 0.15) is 5.82 Å². The highest BCUT2D eigenvalue weighted by Gasteiger charge is 2.38. The average Bonchev–Trinajstić information content (AvgIpc) is 3.79. The molecule has 0 bridgehead atoms. The number of ether oxygens (including phenoxy) is 1. The fourth-order valence-corrected chi connectivity index (χ4v) is 6.27. The molecule has 6 rings (SSSR count). The second-order valence-corrected chi connectivity index (χ2v) is 11.2. The van der Waals surface area contributed by atoms with Crippen LogP contribution in [-0.4, -0.2) is 89.3 Å². The average molecular weight is 533 g/mol. The number of pyridine rings is 2. The SMILES string of the molecule is C=CC(=O)N1CCC(N2CC(c3cc(Nc4nccc(N5CCOCC5)c4CC)c(O)c(C4CC4)n3)C2)CC1. The summed E-state index contributed by atoms with van der Waals surface area (Å²) in [5, 5.41) is 14.8. The molecular weight excluding hydrogens is 492 g/mol. The van der Waals surface area contributed by atoms with Gasteiger partial charge < -0.3 is 25.0 Å². The number of amides is 1. The number of likely N-dealkylation sites (tertiary alicyclic amines) is 2. The van der Waals surface area contributed by atoms with Crippen molar-refractivity contribution in [3.63, 3.8) is 0 Å². The molecule has 2 aromatic heterocycles. The molecule has 9 nitrogen and oxygen atoms in total. The van der Waals surface area contributed by atoms with Crippen LogP contribution in [-0.2, 0) is 16.0 Å². The van der Waals surface area contributed by atoms with Gasteiger partial charge in [-0.1, -0.05) is 13.5 Å². The van der Waals surface area contributed by atoms with E-state index in [-0.39, 0.29) is 11.7 Å². The third-order valence-corrected chi connectivity index (χ3v) is 8.79. The topological polar surface area (TPSA) is 94.1 Å². The Bertz CT molecular complexity index is 1210. The van der Waals surface area contributed by atoms with Crippen LogP contribution in [0.5, 0.6) is 5.75 Å². The van der Waals surface area contributed by atoms with Crippen molar-refractivity contribution in [3.05, 3.63) is 47.9 Å². The number of hydrogen-bond acceptors (Lipinski definition) is 8. The Morgan fingerprint density at radius 1 is 1.15 bits per heavy atom. The third kappa shape index (κ3) is 5.34. The van der Waals surface area contributed by atoms with Crippen molar-refractivity contribution in [3.8, 4) is 5.75 Å². The van der Waals surface area contributed by atoms with Gasteiger partial charge in [-0.15, -0.1) is 0 Å². The maximum absolute atomic E-state index is 11.9. The second kappa shape index (κ2) is 11.1. The highest BCUT2D eigenvalue weighted by atomic mass is 16.5. The molecule has 5 heterocycles. The van der Waals surface area contributed by atoms with Gasteiger partial charge in [0.25, 0.3) is 0 Å². The van der Waals surface area contributed by atoms with Crippen molar-refractivity contribution in [2.75, 3.05) is 62.7 Å². The van der Waals surface area contributed by atoms with Gasteiger partial charge in [0, 0.05) is 80.3 Å². The zero-order chi connectivity index (χ0) is 26.9. The molecule has 0 atom stereocenters. The molecule has 4 aliphatic rings. The van der Waals surface area contributed by atoms with Crippen LogP contribution >= 0.6 is 0 Å². The molecule has 39 heavy (non-hydrogen) atoms. The van der Waals surface area contributed by atoms with E-state index in [2.05, 4.69) is 34.7 Å². The van der Waals surface area contributed by atoms with Crippen molar-refractivity contribution in [1.82, 2.24) is 19.8 Å². The highest BCUT2D eigenvalue weighted by Crippen LogP contribution is 2.47. The Morgan fingerprint density at radius 2 is 1.90 bits per heavy atom. The van der Waals surface area contributed by atoms with Crippen LogP contribution in [0.3, 0.4) is 0 Å². The Morgan fingerprint density at radius 3 is 2.56 bits per heavy atom. The van der Waals surface area contributed by atoms with Crippen LogP contribution in [0.1, 0.15) is 61.4 Å². The minimum atomic E-state index is 0.0343. The first kappa shape index (κ1) is 26.1. The lowest BCUT2D eigenvalue weighted by Crippen LogP contribution is -2.54. The molecule has 0 spiro atoms. The number of rotatable bonds is 8. The number of hydrogen-bond donors (Lipinski definition) is 2. The van der Waals surface area contributed by atoms with Crippen molar-refractivity contribution in [1.29, 1.82) is 0 Å². The predicted octanol–water partition coefficient (Wildman–Crippen LogP) is 3.78. The Labute approximate surface area is 230 Å². The summed E-state index contributed by atoms with van der Waals surface area (Å²) < 4.78 is 5.56. The molecule has 208 valence electrons. The third-order valence-electron chi connectivity index (χ3n) is 8.79. The molecule has 4 fully saturated rings. The normalized spacial score (nSPS) is 21.1. The van der Waals surface area contributed by atoms with Crippen LogP contribution < -0.4 is 10.2 Å². The molecule has 1 amide bonds. The van der Waals surface area contributed by atoms with E-state index in [9.17, 15) is 9.90 Å². The molecule has 3 saturated heterocycles. The molecule has 2 N–H and O–H groups in total. The number of aromatic nitrogens is 2. The van der Waals surface area contributed by atoms with Crippen molar-refractivity contribution in [2.24, 2.45) is 0 Å². The smallest absolute Gasteiger partial charge is 0.245 e. The van der Waals surface area contributed by atoms with Crippen molar-refractivity contribution >= 4 is 23.1 Å². The van der Waals surface area contributed by atoms with Gasteiger partial charge in [0.05, 0.1) is 24.6 Å². The minimum Gasteiger partial charge on any atom is -0.504 e. The summed E-state index contributed by atoms with van der Waals surface area (Å²) in [6, 6.07) is 4.63. The number of nitrogens with one attached hydrogen (secondary N) is 1. The van der Waals surface area contributed by atoms with Gasteiger partial charge in [-0.25, -0.2) is 4.98 Å². The Hall–Kier alpha value is -3.17. The molecular formula is C30H40N6O3. The van der Waals surface area contributed by atoms with Gasteiger partial charge in [0.2, 0.25) is 5.91 Å². The summed E-state index contributed by atoms with van der Waals surface area (Å²) in [5.41, 5.74) is 4.92. The number of morpholine rings is 1. The largest absolute Gasteiger partial charge is 0.504 e. The molecule has 3 aliphatic heterocycles. The van der Waals surface area contributed by atoms with Crippen LogP contribution in [0, 0.1) is 0 Å². The number of nitrogens with zero attached hydrogens (tertiary/aromatic N) is 5. The molecule has 2 aromatic rings. The molecule has 1 aliphatic carbocycles. The first-order chi connectivity index (χ1) is 19.1. The summed E-state index contributed by atoms with van der Waals surface area (Å²) in [4.78, 5) is 28.4. The van der Waals surface area contributed by atoms with Gasteiger partial charge in [-0.3, -0.25) is 14.7 Å². The number of carbonyl (C=O) groups is 1. The number of piperidine rings is 1. The Kier molecular flexibility index (Phi) is 7.44. The summed E-state index contributed by atoms with van der Waals surface area (Å²) >= 11 is 0. The number of aromatic hydroxyl groups is 1. The highest BCUT2D eigenvalue weighted by molar-refractivity contribution is 5.87. The number of carbonyl (C=O) groups excluding carboxylic acids is 1. The van der Waals surface area contributed by atoms with Crippen molar-refractivity contribution < 1.29 is 14.6 Å². The zero-order valence-corrected chi connectivity index (χ0v) is 22.9. The summed E-state index contributed by atoms with van der Waals surface area (Å²) in [6.45, 7) is 12.5.